The summed E-state index contributed by atoms with van der Waals surface area (Å²) in [7, 11) is -3.19. The average molecular weight is 261 g/mol. The van der Waals surface area contributed by atoms with Gasteiger partial charge in [-0.15, -0.1) is 11.6 Å². The van der Waals surface area contributed by atoms with Crippen molar-refractivity contribution in [1.82, 2.24) is 0 Å². The molecule has 0 N–H and O–H groups in total. The van der Waals surface area contributed by atoms with Gasteiger partial charge in [0.1, 0.15) is 0 Å². The van der Waals surface area contributed by atoms with E-state index in [1.54, 1.807) is 12.1 Å². The topological polar surface area (TPSA) is 34.1 Å². The minimum atomic E-state index is -3.19. The Balaban J connectivity index is 2.87. The van der Waals surface area contributed by atoms with Gasteiger partial charge in [-0.25, -0.2) is 8.42 Å². The fourth-order valence-electron chi connectivity index (χ4n) is 1.52. The summed E-state index contributed by atoms with van der Waals surface area (Å²) in [5.74, 6) is 0.707. The van der Waals surface area contributed by atoms with E-state index in [0.29, 0.717) is 10.8 Å². The van der Waals surface area contributed by atoms with Crippen molar-refractivity contribution in [3.05, 3.63) is 29.8 Å². The van der Waals surface area contributed by atoms with Crippen LogP contribution in [0.3, 0.4) is 0 Å². The highest BCUT2D eigenvalue weighted by atomic mass is 35.5. The van der Waals surface area contributed by atoms with Gasteiger partial charge in [0.15, 0.2) is 9.84 Å². The molecule has 0 bridgehead atoms. The maximum Gasteiger partial charge on any atom is 0.179 e. The standard InChI is InChI=1S/C12H17ClO2S/c1-10(2)9-11-3-5-12(6-4-11)16(14,15)8-7-13/h3-6,10H,7-9H2,1-2H3. The Morgan fingerprint density at radius 2 is 1.75 bits per heavy atom. The quantitative estimate of drug-likeness (QED) is 0.763. The van der Waals surface area contributed by atoms with Gasteiger partial charge in [0, 0.05) is 5.88 Å². The van der Waals surface area contributed by atoms with Gasteiger partial charge in [0.2, 0.25) is 0 Å². The van der Waals surface area contributed by atoms with Crippen LogP contribution in [0, 0.1) is 5.92 Å². The van der Waals surface area contributed by atoms with E-state index in [2.05, 4.69) is 13.8 Å². The highest BCUT2D eigenvalue weighted by Crippen LogP contribution is 2.15. The van der Waals surface area contributed by atoms with Crippen LogP contribution < -0.4 is 0 Å². The average Bonchev–Trinajstić information content (AvgIpc) is 2.17. The van der Waals surface area contributed by atoms with Gasteiger partial charge >= 0.3 is 0 Å². The molecule has 90 valence electrons. The van der Waals surface area contributed by atoms with Crippen molar-refractivity contribution in [3.8, 4) is 0 Å². The molecule has 0 atom stereocenters. The number of hydrogen-bond donors (Lipinski definition) is 0. The molecule has 2 nitrogen and oxygen atoms in total. The van der Waals surface area contributed by atoms with Crippen molar-refractivity contribution < 1.29 is 8.42 Å². The molecule has 0 saturated heterocycles. The molecule has 0 saturated carbocycles. The van der Waals surface area contributed by atoms with E-state index in [4.69, 9.17) is 11.6 Å². The molecule has 0 spiro atoms. The zero-order valence-electron chi connectivity index (χ0n) is 9.61. The van der Waals surface area contributed by atoms with Gasteiger partial charge in [-0.1, -0.05) is 26.0 Å². The third-order valence-electron chi connectivity index (χ3n) is 2.27. The monoisotopic (exact) mass is 260 g/mol. The molecule has 4 heteroatoms. The Hall–Kier alpha value is -0.540. The first-order chi connectivity index (χ1) is 7.45. The highest BCUT2D eigenvalue weighted by molar-refractivity contribution is 7.91. The van der Waals surface area contributed by atoms with Crippen molar-refractivity contribution in [2.45, 2.75) is 25.2 Å². The van der Waals surface area contributed by atoms with Crippen LogP contribution in [-0.2, 0) is 16.3 Å². The second-order valence-electron chi connectivity index (χ2n) is 4.25. The maximum absolute atomic E-state index is 11.7. The molecule has 0 radical (unpaired) electrons. The van der Waals surface area contributed by atoms with Crippen molar-refractivity contribution in [1.29, 1.82) is 0 Å². The summed E-state index contributed by atoms with van der Waals surface area (Å²) in [6, 6.07) is 7.08. The molecule has 1 aromatic carbocycles. The molecule has 0 aliphatic carbocycles. The first kappa shape index (κ1) is 13.5. The van der Waals surface area contributed by atoms with E-state index in [1.807, 2.05) is 12.1 Å². The van der Waals surface area contributed by atoms with Crippen molar-refractivity contribution in [2.24, 2.45) is 5.92 Å². The van der Waals surface area contributed by atoms with Crippen LogP contribution in [0.5, 0.6) is 0 Å². The maximum atomic E-state index is 11.7. The summed E-state index contributed by atoms with van der Waals surface area (Å²) in [4.78, 5) is 0.362. The Morgan fingerprint density at radius 3 is 2.19 bits per heavy atom. The zero-order valence-corrected chi connectivity index (χ0v) is 11.2. The van der Waals surface area contributed by atoms with Crippen LogP contribution in [0.15, 0.2) is 29.2 Å². The second-order valence-corrected chi connectivity index (χ2v) is 6.74. The van der Waals surface area contributed by atoms with Crippen molar-refractivity contribution in [3.63, 3.8) is 0 Å². The number of hydrogen-bond acceptors (Lipinski definition) is 2. The summed E-state index contributed by atoms with van der Waals surface area (Å²) in [6.45, 7) is 4.27. The molecule has 1 aromatic rings. The van der Waals surface area contributed by atoms with Crippen LogP contribution in [-0.4, -0.2) is 20.1 Å². The predicted molar refractivity (Wildman–Crippen MR) is 67.8 cm³/mol. The third-order valence-corrected chi connectivity index (χ3v) is 4.42. The molecule has 0 aliphatic rings. The van der Waals surface area contributed by atoms with E-state index >= 15 is 0 Å². The third kappa shape index (κ3) is 3.80. The van der Waals surface area contributed by atoms with E-state index < -0.39 is 9.84 Å². The highest BCUT2D eigenvalue weighted by Gasteiger charge is 2.13. The van der Waals surface area contributed by atoms with Gasteiger partial charge in [-0.3, -0.25) is 0 Å². The molecule has 0 aliphatic heterocycles. The predicted octanol–water partition coefficient (Wildman–Crippen LogP) is 2.90. The largest absolute Gasteiger partial charge is 0.224 e. The minimum Gasteiger partial charge on any atom is -0.224 e. The molecule has 0 aromatic heterocycles. The fraction of sp³-hybridized carbons (Fsp3) is 0.500. The smallest absolute Gasteiger partial charge is 0.179 e. The SMILES string of the molecule is CC(C)Cc1ccc(S(=O)(=O)CCCl)cc1. The van der Waals surface area contributed by atoms with Crippen LogP contribution in [0.4, 0.5) is 0 Å². The lowest BCUT2D eigenvalue weighted by Crippen LogP contribution is -2.07. The van der Waals surface area contributed by atoms with E-state index in [-0.39, 0.29) is 11.6 Å². The Labute approximate surface area is 103 Å². The summed E-state index contributed by atoms with van der Waals surface area (Å²) < 4.78 is 23.4. The second kappa shape index (κ2) is 5.69. The molecule has 16 heavy (non-hydrogen) atoms. The summed E-state index contributed by atoms with van der Waals surface area (Å²) in [5.41, 5.74) is 1.17. The lowest BCUT2D eigenvalue weighted by Gasteiger charge is -2.06. The number of sulfone groups is 1. The van der Waals surface area contributed by atoms with E-state index in [9.17, 15) is 8.42 Å². The lowest BCUT2D eigenvalue weighted by molar-refractivity contribution is 0.597. The summed E-state index contributed by atoms with van der Waals surface area (Å²) in [5, 5.41) is 0. The van der Waals surface area contributed by atoms with Gasteiger partial charge in [0.05, 0.1) is 10.6 Å². The number of benzene rings is 1. The molecule has 0 unspecified atom stereocenters. The van der Waals surface area contributed by atoms with Gasteiger partial charge < -0.3 is 0 Å². The minimum absolute atomic E-state index is 0.00190. The number of alkyl halides is 1. The number of halogens is 1. The molecular weight excluding hydrogens is 244 g/mol. The lowest BCUT2D eigenvalue weighted by atomic mass is 10.0. The Bertz CT molecular complexity index is 421. The van der Waals surface area contributed by atoms with Crippen LogP contribution in [0.25, 0.3) is 0 Å². The van der Waals surface area contributed by atoms with Gasteiger partial charge in [-0.05, 0) is 30.0 Å². The van der Waals surface area contributed by atoms with Gasteiger partial charge in [-0.2, -0.15) is 0 Å². The van der Waals surface area contributed by atoms with Crippen LogP contribution in [0.2, 0.25) is 0 Å². The van der Waals surface area contributed by atoms with Crippen molar-refractivity contribution >= 4 is 21.4 Å². The van der Waals surface area contributed by atoms with E-state index in [1.165, 1.54) is 5.56 Å². The van der Waals surface area contributed by atoms with Crippen LogP contribution >= 0.6 is 11.6 Å². The first-order valence-corrected chi connectivity index (χ1v) is 7.52. The fourth-order valence-corrected chi connectivity index (χ4v) is 3.12. The van der Waals surface area contributed by atoms with E-state index in [0.717, 1.165) is 6.42 Å². The Morgan fingerprint density at radius 1 is 1.19 bits per heavy atom. The molecule has 0 heterocycles. The molecule has 0 amide bonds. The molecular formula is C12H17ClO2S. The number of rotatable bonds is 5. The Kier molecular flexibility index (Phi) is 4.81. The zero-order chi connectivity index (χ0) is 12.2. The van der Waals surface area contributed by atoms with Crippen molar-refractivity contribution in [2.75, 3.05) is 11.6 Å². The molecule has 0 fully saturated rings. The summed E-state index contributed by atoms with van der Waals surface area (Å²) >= 11 is 5.46. The summed E-state index contributed by atoms with van der Waals surface area (Å²) in [6.07, 6.45) is 0.968. The first-order valence-electron chi connectivity index (χ1n) is 5.33. The van der Waals surface area contributed by atoms with Gasteiger partial charge in [0.25, 0.3) is 0 Å². The van der Waals surface area contributed by atoms with Crippen LogP contribution in [0.1, 0.15) is 19.4 Å². The normalized spacial score (nSPS) is 12.0. The molecule has 1 rings (SSSR count).